The number of carbonyl (C=O) groups is 2. The molecule has 1 heterocycles. The molecule has 0 radical (unpaired) electrons. The van der Waals surface area contributed by atoms with Gasteiger partial charge in [0.15, 0.2) is 5.78 Å². The van der Waals surface area contributed by atoms with E-state index in [0.29, 0.717) is 34.7 Å². The molecule has 0 bridgehead atoms. The van der Waals surface area contributed by atoms with Gasteiger partial charge in [0, 0.05) is 35.4 Å². The molecule has 1 aliphatic rings. The highest BCUT2D eigenvalue weighted by Crippen LogP contribution is 2.35. The molecule has 6 heteroatoms. The van der Waals surface area contributed by atoms with Gasteiger partial charge in [0.25, 0.3) is 11.5 Å². The van der Waals surface area contributed by atoms with Crippen LogP contribution in [0.2, 0.25) is 5.02 Å². The van der Waals surface area contributed by atoms with Crippen molar-refractivity contribution in [2.75, 3.05) is 0 Å². The van der Waals surface area contributed by atoms with Gasteiger partial charge in [-0.3, -0.25) is 19.0 Å². The SMILES string of the molecule is Cc1ccc(-n2cc3c(c(C(=O)NCc4ccc(Cl)cc4)c2=O)CC(C)(C)CC3=O)cc1. The average Bonchev–Trinajstić information content (AvgIpc) is 2.73. The lowest BCUT2D eigenvalue weighted by Crippen LogP contribution is -2.38. The zero-order valence-corrected chi connectivity index (χ0v) is 19.1. The van der Waals surface area contributed by atoms with E-state index in [1.165, 1.54) is 4.57 Å². The Hall–Kier alpha value is -3.18. The minimum Gasteiger partial charge on any atom is -0.348 e. The van der Waals surface area contributed by atoms with Crippen LogP contribution in [0.5, 0.6) is 0 Å². The van der Waals surface area contributed by atoms with Crippen LogP contribution in [0.1, 0.15) is 57.7 Å². The van der Waals surface area contributed by atoms with Crippen LogP contribution in [0, 0.1) is 12.3 Å². The Morgan fingerprint density at radius 1 is 1.03 bits per heavy atom. The summed E-state index contributed by atoms with van der Waals surface area (Å²) in [5.74, 6) is -0.531. The second-order valence-electron chi connectivity index (χ2n) is 9.16. The molecule has 1 amide bonds. The molecule has 0 aliphatic heterocycles. The summed E-state index contributed by atoms with van der Waals surface area (Å²) in [5, 5.41) is 3.46. The number of nitrogens with zero attached hydrogens (tertiary/aromatic N) is 1. The molecule has 1 N–H and O–H groups in total. The number of carbonyl (C=O) groups excluding carboxylic acids is 2. The molecule has 1 aromatic heterocycles. The summed E-state index contributed by atoms with van der Waals surface area (Å²) < 4.78 is 1.41. The van der Waals surface area contributed by atoms with E-state index in [4.69, 9.17) is 11.6 Å². The van der Waals surface area contributed by atoms with Gasteiger partial charge in [-0.15, -0.1) is 0 Å². The Morgan fingerprint density at radius 2 is 1.69 bits per heavy atom. The second-order valence-corrected chi connectivity index (χ2v) is 9.59. The van der Waals surface area contributed by atoms with Gasteiger partial charge < -0.3 is 5.32 Å². The summed E-state index contributed by atoms with van der Waals surface area (Å²) in [6, 6.07) is 14.6. The van der Waals surface area contributed by atoms with E-state index >= 15 is 0 Å². The predicted molar refractivity (Wildman–Crippen MR) is 126 cm³/mol. The van der Waals surface area contributed by atoms with Gasteiger partial charge in [-0.05, 0) is 54.2 Å². The Labute approximate surface area is 192 Å². The number of ketones is 1. The molecule has 32 heavy (non-hydrogen) atoms. The Kier molecular flexibility index (Phi) is 5.78. The van der Waals surface area contributed by atoms with Crippen molar-refractivity contribution in [3.63, 3.8) is 0 Å². The van der Waals surface area contributed by atoms with Crippen LogP contribution in [0.4, 0.5) is 0 Å². The first kappa shape index (κ1) is 22.0. The van der Waals surface area contributed by atoms with Crippen molar-refractivity contribution in [3.8, 4) is 5.69 Å². The number of hydrogen-bond acceptors (Lipinski definition) is 3. The van der Waals surface area contributed by atoms with Gasteiger partial charge in [-0.1, -0.05) is 55.3 Å². The van der Waals surface area contributed by atoms with Crippen LogP contribution < -0.4 is 10.9 Å². The molecular weight excluding hydrogens is 424 g/mol. The van der Waals surface area contributed by atoms with Gasteiger partial charge in [-0.2, -0.15) is 0 Å². The normalized spacial score (nSPS) is 14.7. The number of nitrogens with one attached hydrogen (secondary N) is 1. The minimum absolute atomic E-state index is 0.0400. The highest BCUT2D eigenvalue weighted by molar-refractivity contribution is 6.30. The lowest BCUT2D eigenvalue weighted by molar-refractivity contribution is 0.0909. The smallest absolute Gasteiger partial charge is 0.268 e. The maximum Gasteiger partial charge on any atom is 0.268 e. The van der Waals surface area contributed by atoms with Crippen LogP contribution in [-0.2, 0) is 13.0 Å². The summed E-state index contributed by atoms with van der Waals surface area (Å²) in [6.45, 7) is 6.17. The minimum atomic E-state index is -0.479. The van der Waals surface area contributed by atoms with Gasteiger partial charge in [0.1, 0.15) is 5.56 Å². The molecule has 0 atom stereocenters. The summed E-state index contributed by atoms with van der Waals surface area (Å²) >= 11 is 5.93. The Balaban J connectivity index is 1.80. The molecule has 2 aromatic carbocycles. The first-order chi connectivity index (χ1) is 15.1. The van der Waals surface area contributed by atoms with E-state index in [1.54, 1.807) is 18.3 Å². The quantitative estimate of drug-likeness (QED) is 0.618. The lowest BCUT2D eigenvalue weighted by atomic mass is 9.73. The van der Waals surface area contributed by atoms with E-state index in [0.717, 1.165) is 11.1 Å². The Bertz CT molecular complexity index is 1260. The Morgan fingerprint density at radius 3 is 2.34 bits per heavy atom. The zero-order chi connectivity index (χ0) is 23.0. The standard InChI is InChI=1S/C26H25ClN2O3/c1-16-4-10-19(11-5-16)29-15-21-20(12-26(2,3)13-22(21)30)23(25(29)32)24(31)28-14-17-6-8-18(27)9-7-17/h4-11,15H,12-14H2,1-3H3,(H,28,31). The van der Waals surface area contributed by atoms with Crippen molar-refractivity contribution in [1.82, 2.24) is 9.88 Å². The summed E-state index contributed by atoms with van der Waals surface area (Å²) in [5.41, 5.74) is 2.81. The molecule has 0 saturated carbocycles. The van der Waals surface area contributed by atoms with Crippen LogP contribution in [-0.4, -0.2) is 16.3 Å². The van der Waals surface area contributed by atoms with E-state index in [2.05, 4.69) is 5.32 Å². The van der Waals surface area contributed by atoms with Crippen LogP contribution in [0.3, 0.4) is 0 Å². The summed E-state index contributed by atoms with van der Waals surface area (Å²) in [7, 11) is 0. The molecule has 4 rings (SSSR count). The van der Waals surface area contributed by atoms with Gasteiger partial charge in [0.05, 0.1) is 0 Å². The third-order valence-corrected chi connectivity index (χ3v) is 6.07. The van der Waals surface area contributed by atoms with Crippen LogP contribution in [0.25, 0.3) is 5.69 Å². The number of aryl methyl sites for hydroxylation is 1. The first-order valence-electron chi connectivity index (χ1n) is 10.6. The molecular formula is C26H25ClN2O3. The van der Waals surface area contributed by atoms with E-state index in [-0.39, 0.29) is 23.3 Å². The van der Waals surface area contributed by atoms with E-state index < -0.39 is 11.5 Å². The predicted octanol–water partition coefficient (Wildman–Crippen LogP) is 4.88. The fraction of sp³-hybridized carbons (Fsp3) is 0.269. The third kappa shape index (κ3) is 4.39. The fourth-order valence-corrected chi connectivity index (χ4v) is 4.27. The van der Waals surface area contributed by atoms with Crippen molar-refractivity contribution in [1.29, 1.82) is 0 Å². The van der Waals surface area contributed by atoms with E-state index in [9.17, 15) is 14.4 Å². The number of pyridine rings is 1. The van der Waals surface area contributed by atoms with Crippen molar-refractivity contribution in [2.45, 2.75) is 40.2 Å². The number of amides is 1. The molecule has 1 aliphatic carbocycles. The highest BCUT2D eigenvalue weighted by Gasteiger charge is 2.35. The largest absolute Gasteiger partial charge is 0.348 e. The third-order valence-electron chi connectivity index (χ3n) is 5.82. The maximum atomic E-state index is 13.5. The van der Waals surface area contributed by atoms with Gasteiger partial charge in [0.2, 0.25) is 0 Å². The number of Topliss-reactive ketones (excluding diaryl/α,β-unsaturated/α-hetero) is 1. The number of rotatable bonds is 4. The van der Waals surface area contributed by atoms with Gasteiger partial charge >= 0.3 is 0 Å². The van der Waals surface area contributed by atoms with Gasteiger partial charge in [-0.25, -0.2) is 0 Å². The van der Waals surface area contributed by atoms with E-state index in [1.807, 2.05) is 57.2 Å². The van der Waals surface area contributed by atoms with Crippen molar-refractivity contribution in [2.24, 2.45) is 5.41 Å². The summed E-state index contributed by atoms with van der Waals surface area (Å²) in [4.78, 5) is 39.8. The molecule has 0 unspecified atom stereocenters. The molecule has 0 fully saturated rings. The zero-order valence-electron chi connectivity index (χ0n) is 18.4. The molecule has 164 valence electrons. The van der Waals surface area contributed by atoms with Crippen molar-refractivity contribution >= 4 is 23.3 Å². The first-order valence-corrected chi connectivity index (χ1v) is 10.9. The topological polar surface area (TPSA) is 68.2 Å². The average molecular weight is 449 g/mol. The monoisotopic (exact) mass is 448 g/mol. The number of halogens is 1. The second kappa shape index (κ2) is 8.40. The lowest BCUT2D eigenvalue weighted by Gasteiger charge is -2.31. The number of aromatic nitrogens is 1. The number of fused-ring (bicyclic) bond motifs is 1. The molecule has 0 spiro atoms. The molecule has 0 saturated heterocycles. The molecule has 3 aromatic rings. The number of benzene rings is 2. The summed E-state index contributed by atoms with van der Waals surface area (Å²) in [6.07, 6.45) is 2.45. The van der Waals surface area contributed by atoms with Crippen molar-refractivity contribution in [3.05, 3.63) is 97.9 Å². The highest BCUT2D eigenvalue weighted by atomic mass is 35.5. The molecule has 5 nitrogen and oxygen atoms in total. The van der Waals surface area contributed by atoms with Crippen LogP contribution >= 0.6 is 11.6 Å². The van der Waals surface area contributed by atoms with Crippen molar-refractivity contribution < 1.29 is 9.59 Å². The van der Waals surface area contributed by atoms with Crippen LogP contribution in [0.15, 0.2) is 59.5 Å². The number of hydrogen-bond donors (Lipinski definition) is 1. The fourth-order valence-electron chi connectivity index (χ4n) is 4.15. The maximum absolute atomic E-state index is 13.5.